The molecule has 1 unspecified atom stereocenters. The van der Waals surface area contributed by atoms with Gasteiger partial charge >= 0.3 is 0 Å². The maximum Gasteiger partial charge on any atom is 0.216 e. The zero-order valence-corrected chi connectivity index (χ0v) is 12.0. The summed E-state index contributed by atoms with van der Waals surface area (Å²) in [6.45, 7) is 7.89. The molecule has 0 radical (unpaired) electrons. The van der Waals surface area contributed by atoms with Crippen LogP contribution in [0, 0.1) is 0 Å². The molecule has 0 aromatic heterocycles. The van der Waals surface area contributed by atoms with Crippen LogP contribution >= 0.6 is 0 Å². The minimum atomic E-state index is 0.00637. The molecule has 0 heterocycles. The molecule has 4 nitrogen and oxygen atoms in total. The minimum Gasteiger partial charge on any atom is -0.494 e. The average Bonchev–Trinajstić information content (AvgIpc) is 2.41. The number of carbonyl (C=O) groups is 1. The van der Waals surface area contributed by atoms with Gasteiger partial charge < -0.3 is 15.4 Å². The van der Waals surface area contributed by atoms with Crippen LogP contribution in [0.25, 0.3) is 0 Å². The Morgan fingerprint density at radius 2 is 1.95 bits per heavy atom. The van der Waals surface area contributed by atoms with Crippen molar-refractivity contribution in [1.82, 2.24) is 10.6 Å². The Hall–Kier alpha value is -1.55. The van der Waals surface area contributed by atoms with Gasteiger partial charge in [0.1, 0.15) is 5.75 Å². The van der Waals surface area contributed by atoms with E-state index in [1.54, 1.807) is 0 Å². The van der Waals surface area contributed by atoms with Gasteiger partial charge in [-0.3, -0.25) is 4.79 Å². The van der Waals surface area contributed by atoms with Gasteiger partial charge in [-0.05, 0) is 31.0 Å². The van der Waals surface area contributed by atoms with Gasteiger partial charge in [-0.15, -0.1) is 0 Å². The van der Waals surface area contributed by atoms with Crippen LogP contribution in [-0.4, -0.2) is 25.6 Å². The maximum atomic E-state index is 10.7. The molecule has 1 aromatic carbocycles. The van der Waals surface area contributed by atoms with Crippen LogP contribution < -0.4 is 15.4 Å². The van der Waals surface area contributed by atoms with E-state index in [0.29, 0.717) is 6.54 Å². The minimum absolute atomic E-state index is 0.00637. The van der Waals surface area contributed by atoms with Crippen molar-refractivity contribution in [3.63, 3.8) is 0 Å². The van der Waals surface area contributed by atoms with Crippen LogP contribution in [-0.2, 0) is 4.79 Å². The quantitative estimate of drug-likeness (QED) is 0.708. The number of rotatable bonds is 8. The van der Waals surface area contributed by atoms with E-state index in [4.69, 9.17) is 4.74 Å². The Morgan fingerprint density at radius 3 is 2.53 bits per heavy atom. The van der Waals surface area contributed by atoms with E-state index in [2.05, 4.69) is 36.6 Å². The van der Waals surface area contributed by atoms with Crippen LogP contribution in [0.4, 0.5) is 0 Å². The van der Waals surface area contributed by atoms with Crippen LogP contribution in [0.5, 0.6) is 5.75 Å². The van der Waals surface area contributed by atoms with Crippen molar-refractivity contribution < 1.29 is 9.53 Å². The molecule has 0 bridgehead atoms. The number of carbonyl (C=O) groups excluding carboxylic acids is 1. The molecule has 0 aliphatic carbocycles. The van der Waals surface area contributed by atoms with Gasteiger partial charge in [0.15, 0.2) is 0 Å². The smallest absolute Gasteiger partial charge is 0.216 e. The summed E-state index contributed by atoms with van der Waals surface area (Å²) in [6.07, 6.45) is 1.02. The second-order valence-electron chi connectivity index (χ2n) is 4.58. The zero-order valence-electron chi connectivity index (χ0n) is 12.0. The fraction of sp³-hybridized carbons (Fsp3) is 0.533. The topological polar surface area (TPSA) is 50.4 Å². The number of hydrogen-bond acceptors (Lipinski definition) is 3. The van der Waals surface area contributed by atoms with Gasteiger partial charge in [0.25, 0.3) is 0 Å². The van der Waals surface area contributed by atoms with E-state index >= 15 is 0 Å². The van der Waals surface area contributed by atoms with E-state index < -0.39 is 0 Å². The van der Waals surface area contributed by atoms with E-state index in [0.717, 1.165) is 25.3 Å². The molecule has 0 spiro atoms. The summed E-state index contributed by atoms with van der Waals surface area (Å²) in [5.74, 6) is 0.919. The lowest BCUT2D eigenvalue weighted by molar-refractivity contribution is -0.118. The van der Waals surface area contributed by atoms with Crippen molar-refractivity contribution in [2.75, 3.05) is 19.7 Å². The average molecular weight is 264 g/mol. The lowest BCUT2D eigenvalue weighted by Gasteiger charge is -2.15. The zero-order chi connectivity index (χ0) is 14.1. The van der Waals surface area contributed by atoms with E-state index in [-0.39, 0.29) is 11.9 Å². The number of ether oxygens (including phenoxy) is 1. The first-order valence-electron chi connectivity index (χ1n) is 6.84. The van der Waals surface area contributed by atoms with Crippen molar-refractivity contribution in [1.29, 1.82) is 0 Å². The predicted octanol–water partition coefficient (Wildman–Crippen LogP) is 2.26. The summed E-state index contributed by atoms with van der Waals surface area (Å²) >= 11 is 0. The molecule has 0 saturated heterocycles. The summed E-state index contributed by atoms with van der Waals surface area (Å²) in [5, 5.41) is 6.12. The van der Waals surface area contributed by atoms with Gasteiger partial charge in [0.05, 0.1) is 6.61 Å². The standard InChI is InChI=1S/C15H24N2O2/c1-4-11-19-15-7-5-14(6-8-15)12(2)16-9-10-17-13(3)18/h5-8,12,16H,4,9-11H2,1-3H3,(H,17,18). The lowest BCUT2D eigenvalue weighted by atomic mass is 10.1. The summed E-state index contributed by atoms with van der Waals surface area (Å²) in [6, 6.07) is 8.39. The van der Waals surface area contributed by atoms with Crippen LogP contribution in [0.1, 0.15) is 38.8 Å². The van der Waals surface area contributed by atoms with Gasteiger partial charge in [0.2, 0.25) is 5.91 Å². The molecular weight excluding hydrogens is 240 g/mol. The van der Waals surface area contributed by atoms with Gasteiger partial charge in [0, 0.05) is 26.1 Å². The van der Waals surface area contributed by atoms with Gasteiger partial charge in [-0.2, -0.15) is 0 Å². The van der Waals surface area contributed by atoms with Crippen LogP contribution in [0.3, 0.4) is 0 Å². The van der Waals surface area contributed by atoms with E-state index in [1.807, 2.05) is 12.1 Å². The summed E-state index contributed by atoms with van der Waals surface area (Å²) in [4.78, 5) is 10.7. The second kappa shape index (κ2) is 8.53. The first-order valence-corrected chi connectivity index (χ1v) is 6.84. The molecule has 4 heteroatoms. The highest BCUT2D eigenvalue weighted by atomic mass is 16.5. The molecule has 0 aliphatic heterocycles. The van der Waals surface area contributed by atoms with E-state index in [9.17, 15) is 4.79 Å². The molecular formula is C15H24N2O2. The number of nitrogens with one attached hydrogen (secondary N) is 2. The fourth-order valence-electron chi connectivity index (χ4n) is 1.72. The normalized spacial score (nSPS) is 11.9. The van der Waals surface area contributed by atoms with Crippen molar-refractivity contribution in [3.8, 4) is 5.75 Å². The Bertz CT molecular complexity index is 376. The van der Waals surface area contributed by atoms with Crippen molar-refractivity contribution in [2.45, 2.75) is 33.2 Å². The molecule has 1 rings (SSSR count). The highest BCUT2D eigenvalue weighted by molar-refractivity contribution is 5.72. The van der Waals surface area contributed by atoms with Crippen LogP contribution in [0.15, 0.2) is 24.3 Å². The first kappa shape index (κ1) is 15.5. The molecule has 1 aromatic rings. The Morgan fingerprint density at radius 1 is 1.26 bits per heavy atom. The third-order valence-electron chi connectivity index (χ3n) is 2.80. The lowest BCUT2D eigenvalue weighted by Crippen LogP contribution is -2.31. The van der Waals surface area contributed by atoms with Crippen molar-refractivity contribution in [3.05, 3.63) is 29.8 Å². The van der Waals surface area contributed by atoms with Crippen molar-refractivity contribution in [2.24, 2.45) is 0 Å². The summed E-state index contributed by atoms with van der Waals surface area (Å²) in [7, 11) is 0. The highest BCUT2D eigenvalue weighted by Crippen LogP contribution is 2.17. The highest BCUT2D eigenvalue weighted by Gasteiger charge is 2.04. The number of amides is 1. The number of benzene rings is 1. The van der Waals surface area contributed by atoms with Gasteiger partial charge in [-0.1, -0.05) is 19.1 Å². The molecule has 19 heavy (non-hydrogen) atoms. The molecule has 1 amide bonds. The second-order valence-corrected chi connectivity index (χ2v) is 4.58. The number of hydrogen-bond donors (Lipinski definition) is 2. The third kappa shape index (κ3) is 6.25. The summed E-state index contributed by atoms with van der Waals surface area (Å²) < 4.78 is 5.55. The predicted molar refractivity (Wildman–Crippen MR) is 77.3 cm³/mol. The largest absolute Gasteiger partial charge is 0.494 e. The fourth-order valence-corrected chi connectivity index (χ4v) is 1.72. The molecule has 0 fully saturated rings. The molecule has 1 atom stereocenters. The molecule has 106 valence electrons. The Labute approximate surface area is 115 Å². The molecule has 2 N–H and O–H groups in total. The molecule has 0 aliphatic rings. The SMILES string of the molecule is CCCOc1ccc(C(C)NCCNC(C)=O)cc1. The van der Waals surface area contributed by atoms with Crippen LogP contribution in [0.2, 0.25) is 0 Å². The van der Waals surface area contributed by atoms with Gasteiger partial charge in [-0.25, -0.2) is 0 Å². The monoisotopic (exact) mass is 264 g/mol. The van der Waals surface area contributed by atoms with Crippen molar-refractivity contribution >= 4 is 5.91 Å². The Kier molecular flexibility index (Phi) is 6.97. The Balaban J connectivity index is 2.35. The first-order chi connectivity index (χ1) is 9.13. The van der Waals surface area contributed by atoms with E-state index in [1.165, 1.54) is 12.5 Å². The summed E-state index contributed by atoms with van der Waals surface area (Å²) in [5.41, 5.74) is 1.21. The maximum absolute atomic E-state index is 10.7. The molecule has 0 saturated carbocycles. The third-order valence-corrected chi connectivity index (χ3v) is 2.80.